The Labute approximate surface area is 218 Å². The van der Waals surface area contributed by atoms with Gasteiger partial charge < -0.3 is 14.0 Å². The lowest BCUT2D eigenvalue weighted by Crippen LogP contribution is -2.58. The van der Waals surface area contributed by atoms with E-state index in [1.54, 1.807) is 0 Å². The molecular weight excluding hydrogens is 458 g/mol. The normalized spacial score (nSPS) is 28.2. The molecule has 0 N–H and O–H groups in total. The molecule has 190 valence electrons. The van der Waals surface area contributed by atoms with Gasteiger partial charge in [0.2, 0.25) is 0 Å². The number of carbonyl (C=O) groups is 1. The molecule has 0 aliphatic heterocycles. The molecule has 0 saturated heterocycles. The van der Waals surface area contributed by atoms with Crippen molar-refractivity contribution in [3.05, 3.63) is 71.8 Å². The Morgan fingerprint density at radius 3 is 1.89 bits per heavy atom. The molecule has 4 fully saturated rings. The zero-order chi connectivity index (χ0) is 25.3. The van der Waals surface area contributed by atoms with Crippen molar-refractivity contribution < 1.29 is 14.3 Å². The van der Waals surface area contributed by atoms with Crippen molar-refractivity contribution in [2.75, 3.05) is 6.61 Å². The lowest BCUT2D eigenvalue weighted by atomic mass is 9.50. The first kappa shape index (κ1) is 22.9. The van der Waals surface area contributed by atoms with Crippen molar-refractivity contribution in [3.8, 4) is 11.4 Å². The fourth-order valence-electron chi connectivity index (χ4n) is 8.18. The molecule has 0 amide bonds. The maximum atomic E-state index is 13.0. The molecule has 4 nitrogen and oxygen atoms in total. The summed E-state index contributed by atoms with van der Waals surface area (Å²) in [6.07, 6.45) is 6.28. The van der Waals surface area contributed by atoms with Gasteiger partial charge in [0.15, 0.2) is 6.61 Å². The molecule has 3 aromatic carbocycles. The van der Waals surface area contributed by atoms with Crippen LogP contribution in [0.5, 0.6) is 5.75 Å². The van der Waals surface area contributed by atoms with E-state index >= 15 is 0 Å². The summed E-state index contributed by atoms with van der Waals surface area (Å²) in [6, 6.07) is 21.4. The van der Waals surface area contributed by atoms with Crippen LogP contribution in [0, 0.1) is 37.5 Å². The molecule has 1 heterocycles. The van der Waals surface area contributed by atoms with Gasteiger partial charge in [-0.3, -0.25) is 0 Å². The van der Waals surface area contributed by atoms with Gasteiger partial charge in [0, 0.05) is 16.5 Å². The van der Waals surface area contributed by atoms with Crippen LogP contribution < -0.4 is 4.74 Å². The van der Waals surface area contributed by atoms with Crippen LogP contribution in [-0.4, -0.2) is 22.7 Å². The second-order valence-electron chi connectivity index (χ2n) is 12.0. The van der Waals surface area contributed by atoms with E-state index in [1.165, 1.54) is 53.9 Å². The van der Waals surface area contributed by atoms with Crippen LogP contribution in [0.4, 0.5) is 0 Å². The Morgan fingerprint density at radius 2 is 1.35 bits per heavy atom. The third-order valence-corrected chi connectivity index (χ3v) is 9.71. The molecule has 4 heteroatoms. The lowest BCUT2D eigenvalue weighted by Gasteiger charge is -2.59. The van der Waals surface area contributed by atoms with E-state index in [0.717, 1.165) is 34.4 Å². The summed E-state index contributed by atoms with van der Waals surface area (Å²) in [4.78, 5) is 13.0. The molecular formula is C33H35NO3. The van der Waals surface area contributed by atoms with Gasteiger partial charge in [-0.05, 0) is 112 Å². The molecule has 1 aromatic heterocycles. The Morgan fingerprint density at radius 1 is 0.838 bits per heavy atom. The maximum Gasteiger partial charge on any atom is 0.344 e. The van der Waals surface area contributed by atoms with Gasteiger partial charge >= 0.3 is 5.97 Å². The minimum absolute atomic E-state index is 0.0434. The SMILES string of the molecule is Cc1cc(-n2c3ccccc3c3ccccc32)cc(C)c1OCC(=O)OC1(C)C2CC3CC(C2)CC1C3. The van der Waals surface area contributed by atoms with E-state index in [-0.39, 0.29) is 18.2 Å². The predicted octanol–water partition coefficient (Wildman–Crippen LogP) is 7.54. The number of hydrogen-bond donors (Lipinski definition) is 0. The number of ether oxygens (including phenoxy) is 2. The summed E-state index contributed by atoms with van der Waals surface area (Å²) in [6.45, 7) is 6.27. The highest BCUT2D eigenvalue weighted by Gasteiger charge is 2.57. The molecule has 0 radical (unpaired) electrons. The number of nitrogens with zero attached hydrogens (tertiary/aromatic N) is 1. The zero-order valence-corrected chi connectivity index (χ0v) is 22.0. The standard InChI is InChI=1S/C33H35NO3/c1-20-12-26(34-29-10-6-4-8-27(29)28-9-5-7-11-30(28)34)13-21(2)32(20)36-19-31(35)37-33(3)24-15-22-14-23(17-24)18-25(33)16-22/h4-13,22-25H,14-19H2,1-3H3. The third kappa shape index (κ3) is 3.59. The van der Waals surface area contributed by atoms with E-state index in [1.807, 2.05) is 0 Å². The maximum absolute atomic E-state index is 13.0. The fraction of sp³-hybridized carbons (Fsp3) is 0.424. The van der Waals surface area contributed by atoms with Gasteiger partial charge in [0.05, 0.1) is 11.0 Å². The monoisotopic (exact) mass is 493 g/mol. The average molecular weight is 494 g/mol. The number of esters is 1. The molecule has 0 spiro atoms. The molecule has 4 aliphatic rings. The van der Waals surface area contributed by atoms with Crippen LogP contribution in [0.2, 0.25) is 0 Å². The number of benzene rings is 3. The number of aromatic nitrogens is 1. The number of para-hydroxylation sites is 2. The van der Waals surface area contributed by atoms with Gasteiger partial charge in [-0.1, -0.05) is 36.4 Å². The summed E-state index contributed by atoms with van der Waals surface area (Å²) in [5.41, 5.74) is 5.19. The van der Waals surface area contributed by atoms with Crippen LogP contribution in [0.15, 0.2) is 60.7 Å². The Bertz CT molecular complexity index is 1430. The van der Waals surface area contributed by atoms with Crippen molar-refractivity contribution in [1.82, 2.24) is 4.57 Å². The molecule has 0 unspecified atom stereocenters. The second kappa shape index (κ2) is 8.37. The number of aryl methyl sites for hydroxylation is 2. The molecule has 4 saturated carbocycles. The van der Waals surface area contributed by atoms with Crippen molar-refractivity contribution in [3.63, 3.8) is 0 Å². The van der Waals surface area contributed by atoms with Crippen LogP contribution in [0.1, 0.15) is 50.2 Å². The van der Waals surface area contributed by atoms with E-state index in [4.69, 9.17) is 9.47 Å². The van der Waals surface area contributed by atoms with Crippen molar-refractivity contribution >= 4 is 27.8 Å². The first-order valence-corrected chi connectivity index (χ1v) is 13.8. The van der Waals surface area contributed by atoms with Gasteiger partial charge in [-0.2, -0.15) is 0 Å². The summed E-state index contributed by atoms with van der Waals surface area (Å²) in [5.74, 6) is 3.27. The molecule has 4 bridgehead atoms. The first-order valence-electron chi connectivity index (χ1n) is 13.8. The van der Waals surface area contributed by atoms with Crippen LogP contribution in [0.25, 0.3) is 27.5 Å². The number of hydrogen-bond acceptors (Lipinski definition) is 3. The second-order valence-corrected chi connectivity index (χ2v) is 12.0. The largest absolute Gasteiger partial charge is 0.481 e. The predicted molar refractivity (Wildman–Crippen MR) is 147 cm³/mol. The summed E-state index contributed by atoms with van der Waals surface area (Å²) < 4.78 is 14.7. The summed E-state index contributed by atoms with van der Waals surface area (Å²) >= 11 is 0. The van der Waals surface area contributed by atoms with Crippen LogP contribution >= 0.6 is 0 Å². The molecule has 8 rings (SSSR count). The van der Waals surface area contributed by atoms with Crippen molar-refractivity contribution in [2.24, 2.45) is 23.7 Å². The quantitative estimate of drug-likeness (QED) is 0.270. The minimum Gasteiger partial charge on any atom is -0.481 e. The van der Waals surface area contributed by atoms with Crippen LogP contribution in [-0.2, 0) is 9.53 Å². The smallest absolute Gasteiger partial charge is 0.344 e. The fourth-order valence-corrected chi connectivity index (χ4v) is 8.18. The Kier molecular flexibility index (Phi) is 5.18. The Balaban J connectivity index is 1.13. The summed E-state index contributed by atoms with van der Waals surface area (Å²) in [5, 5.41) is 2.49. The zero-order valence-electron chi connectivity index (χ0n) is 22.0. The van der Waals surface area contributed by atoms with Gasteiger partial charge in [-0.15, -0.1) is 0 Å². The molecule has 37 heavy (non-hydrogen) atoms. The van der Waals surface area contributed by atoms with Gasteiger partial charge in [0.1, 0.15) is 11.4 Å². The van der Waals surface area contributed by atoms with Crippen LogP contribution in [0.3, 0.4) is 0 Å². The van der Waals surface area contributed by atoms with Gasteiger partial charge in [-0.25, -0.2) is 4.79 Å². The first-order chi connectivity index (χ1) is 17.9. The minimum atomic E-state index is -0.321. The van der Waals surface area contributed by atoms with E-state index in [2.05, 4.69) is 86.0 Å². The topological polar surface area (TPSA) is 40.5 Å². The van der Waals surface area contributed by atoms with E-state index in [0.29, 0.717) is 11.8 Å². The number of fused-ring (bicyclic) bond motifs is 3. The number of carbonyl (C=O) groups excluding carboxylic acids is 1. The average Bonchev–Trinajstić information content (AvgIpc) is 3.21. The van der Waals surface area contributed by atoms with E-state index < -0.39 is 0 Å². The van der Waals surface area contributed by atoms with Crippen molar-refractivity contribution in [2.45, 2.75) is 58.5 Å². The van der Waals surface area contributed by atoms with Gasteiger partial charge in [0.25, 0.3) is 0 Å². The highest BCUT2D eigenvalue weighted by Crippen LogP contribution is 2.59. The van der Waals surface area contributed by atoms with E-state index in [9.17, 15) is 4.79 Å². The molecule has 4 aliphatic carbocycles. The Hall–Kier alpha value is -3.27. The van der Waals surface area contributed by atoms with Crippen molar-refractivity contribution in [1.29, 1.82) is 0 Å². The third-order valence-electron chi connectivity index (χ3n) is 9.71. The highest BCUT2D eigenvalue weighted by atomic mass is 16.6. The lowest BCUT2D eigenvalue weighted by molar-refractivity contribution is -0.204. The molecule has 0 atom stereocenters. The highest BCUT2D eigenvalue weighted by molar-refractivity contribution is 6.09. The number of rotatable bonds is 5. The summed E-state index contributed by atoms with van der Waals surface area (Å²) in [7, 11) is 0. The molecule has 4 aromatic rings.